The van der Waals surface area contributed by atoms with E-state index in [2.05, 4.69) is 20.8 Å². The molecule has 1 heteroatoms. The molecule has 0 aromatic carbocycles. The van der Waals surface area contributed by atoms with Gasteiger partial charge in [-0.25, -0.2) is 5.11 Å². The van der Waals surface area contributed by atoms with E-state index in [1.807, 2.05) is 0 Å². The minimum Gasteiger partial charge on any atom is -0.233 e. The van der Waals surface area contributed by atoms with Crippen molar-refractivity contribution >= 4 is 0 Å². The maximum absolute atomic E-state index is 10.9. The average molecular weight is 129 g/mol. The van der Waals surface area contributed by atoms with Gasteiger partial charge < -0.3 is 0 Å². The van der Waals surface area contributed by atoms with Crippen LogP contribution in [0.1, 0.15) is 40.0 Å². The molecule has 0 aromatic heterocycles. The summed E-state index contributed by atoms with van der Waals surface area (Å²) in [4.78, 5) is 0. The van der Waals surface area contributed by atoms with Gasteiger partial charge in [-0.15, -0.1) is 0 Å². The minimum absolute atomic E-state index is 0.310. The van der Waals surface area contributed by atoms with E-state index in [4.69, 9.17) is 0 Å². The van der Waals surface area contributed by atoms with Crippen LogP contribution in [0.15, 0.2) is 0 Å². The topological polar surface area (TPSA) is 19.9 Å². The van der Waals surface area contributed by atoms with Gasteiger partial charge in [0.25, 0.3) is 0 Å². The molecule has 1 atom stereocenters. The zero-order valence-electron chi connectivity index (χ0n) is 6.68. The molecule has 0 N–H and O–H groups in total. The van der Waals surface area contributed by atoms with E-state index in [-0.39, 0.29) is 6.10 Å². The SMILES string of the molecule is CCCC([O])CC(C)C. The van der Waals surface area contributed by atoms with Crippen LogP contribution in [0, 0.1) is 5.92 Å². The van der Waals surface area contributed by atoms with Crippen LogP contribution in [0.5, 0.6) is 0 Å². The van der Waals surface area contributed by atoms with E-state index in [1.54, 1.807) is 0 Å². The molecule has 0 aliphatic carbocycles. The second-order valence-electron chi connectivity index (χ2n) is 3.04. The lowest BCUT2D eigenvalue weighted by atomic mass is 10.0. The average Bonchev–Trinajstić information content (AvgIpc) is 1.63. The van der Waals surface area contributed by atoms with Crippen molar-refractivity contribution in [3.8, 4) is 0 Å². The first-order valence-electron chi connectivity index (χ1n) is 3.82. The van der Waals surface area contributed by atoms with E-state index >= 15 is 0 Å². The van der Waals surface area contributed by atoms with Crippen molar-refractivity contribution in [3.05, 3.63) is 0 Å². The maximum Gasteiger partial charge on any atom is 0.0932 e. The van der Waals surface area contributed by atoms with Gasteiger partial charge in [0, 0.05) is 0 Å². The van der Waals surface area contributed by atoms with Crippen LogP contribution in [0.2, 0.25) is 0 Å². The summed E-state index contributed by atoms with van der Waals surface area (Å²) < 4.78 is 0. The van der Waals surface area contributed by atoms with Crippen LogP contribution >= 0.6 is 0 Å². The summed E-state index contributed by atoms with van der Waals surface area (Å²) in [6.07, 6.45) is 2.40. The van der Waals surface area contributed by atoms with Crippen LogP contribution < -0.4 is 0 Å². The fraction of sp³-hybridized carbons (Fsp3) is 1.00. The molecule has 0 aromatic rings. The summed E-state index contributed by atoms with van der Waals surface area (Å²) in [5.41, 5.74) is 0. The third-order valence-electron chi connectivity index (χ3n) is 1.34. The smallest absolute Gasteiger partial charge is 0.0932 e. The highest BCUT2D eigenvalue weighted by molar-refractivity contribution is 4.56. The van der Waals surface area contributed by atoms with Crippen molar-refractivity contribution in [3.63, 3.8) is 0 Å². The van der Waals surface area contributed by atoms with Crippen molar-refractivity contribution in [1.82, 2.24) is 0 Å². The lowest BCUT2D eigenvalue weighted by Crippen LogP contribution is -2.07. The molecule has 1 unspecified atom stereocenters. The summed E-state index contributed by atoms with van der Waals surface area (Å²) >= 11 is 0. The fourth-order valence-electron chi connectivity index (χ4n) is 0.966. The van der Waals surface area contributed by atoms with Gasteiger partial charge in [0.1, 0.15) is 0 Å². The molecule has 0 amide bonds. The molecule has 1 nitrogen and oxygen atoms in total. The quantitative estimate of drug-likeness (QED) is 0.556. The molecule has 0 aliphatic rings. The molecule has 1 radical (unpaired) electrons. The Morgan fingerprint density at radius 2 is 1.89 bits per heavy atom. The Balaban J connectivity index is 3.15. The Morgan fingerprint density at radius 1 is 1.33 bits per heavy atom. The van der Waals surface area contributed by atoms with Gasteiger partial charge in [0.15, 0.2) is 0 Å². The van der Waals surface area contributed by atoms with Gasteiger partial charge in [0.05, 0.1) is 6.10 Å². The summed E-state index contributed by atoms with van der Waals surface area (Å²) in [7, 11) is 0. The predicted octanol–water partition coefficient (Wildman–Crippen LogP) is 2.63. The standard InChI is InChI=1S/C8H17O/c1-4-5-8(9)6-7(2)3/h7-8H,4-6H2,1-3H3. The normalized spacial score (nSPS) is 14.3. The molecule has 0 fully saturated rings. The zero-order valence-corrected chi connectivity index (χ0v) is 6.68. The summed E-state index contributed by atoms with van der Waals surface area (Å²) in [6.45, 7) is 6.26. The summed E-state index contributed by atoms with van der Waals surface area (Å²) in [5.74, 6) is 0.569. The fourth-order valence-corrected chi connectivity index (χ4v) is 0.966. The van der Waals surface area contributed by atoms with Crippen molar-refractivity contribution in [2.45, 2.75) is 46.1 Å². The molecule has 0 bridgehead atoms. The van der Waals surface area contributed by atoms with Crippen molar-refractivity contribution in [2.24, 2.45) is 5.92 Å². The van der Waals surface area contributed by atoms with Gasteiger partial charge in [-0.1, -0.05) is 27.2 Å². The van der Waals surface area contributed by atoms with Gasteiger partial charge in [0.2, 0.25) is 0 Å². The zero-order chi connectivity index (χ0) is 7.28. The molecule has 9 heavy (non-hydrogen) atoms. The van der Waals surface area contributed by atoms with Crippen LogP contribution in [0.25, 0.3) is 0 Å². The molecule has 0 saturated carbocycles. The first kappa shape index (κ1) is 8.96. The second kappa shape index (κ2) is 4.80. The molecule has 0 heterocycles. The van der Waals surface area contributed by atoms with Crippen molar-refractivity contribution in [2.75, 3.05) is 0 Å². The number of rotatable bonds is 4. The third-order valence-corrected chi connectivity index (χ3v) is 1.34. The molecule has 0 rings (SSSR count). The first-order valence-corrected chi connectivity index (χ1v) is 3.82. The summed E-state index contributed by atoms with van der Waals surface area (Å²) in [6, 6.07) is 0. The molecule has 55 valence electrons. The van der Waals surface area contributed by atoms with Crippen LogP contribution in [0.3, 0.4) is 0 Å². The Bertz CT molecular complexity index is 59.6. The Kier molecular flexibility index (Phi) is 4.78. The van der Waals surface area contributed by atoms with E-state index in [0.29, 0.717) is 5.92 Å². The third kappa shape index (κ3) is 5.84. The van der Waals surface area contributed by atoms with Gasteiger partial charge in [-0.3, -0.25) is 0 Å². The number of hydrogen-bond acceptors (Lipinski definition) is 0. The van der Waals surface area contributed by atoms with E-state index in [1.165, 1.54) is 0 Å². The monoisotopic (exact) mass is 129 g/mol. The maximum atomic E-state index is 10.9. The van der Waals surface area contributed by atoms with Crippen LogP contribution in [-0.2, 0) is 5.11 Å². The second-order valence-corrected chi connectivity index (χ2v) is 3.04. The minimum atomic E-state index is -0.310. The molecule has 0 spiro atoms. The number of hydrogen-bond donors (Lipinski definition) is 0. The van der Waals surface area contributed by atoms with Crippen molar-refractivity contribution < 1.29 is 5.11 Å². The Morgan fingerprint density at radius 3 is 2.22 bits per heavy atom. The Hall–Kier alpha value is -0.0400. The largest absolute Gasteiger partial charge is 0.233 e. The Labute approximate surface area is 58.1 Å². The molecule has 0 saturated heterocycles. The van der Waals surface area contributed by atoms with Gasteiger partial charge >= 0.3 is 0 Å². The summed E-state index contributed by atoms with van der Waals surface area (Å²) in [5, 5.41) is 10.9. The highest BCUT2D eigenvalue weighted by Crippen LogP contribution is 2.09. The molecular weight excluding hydrogens is 112 g/mol. The van der Waals surface area contributed by atoms with Gasteiger partial charge in [-0.05, 0) is 18.8 Å². The lowest BCUT2D eigenvalue weighted by molar-refractivity contribution is 0.0624. The first-order chi connectivity index (χ1) is 4.16. The highest BCUT2D eigenvalue weighted by Gasteiger charge is 2.05. The van der Waals surface area contributed by atoms with E-state index in [9.17, 15) is 5.11 Å². The molecule has 0 aliphatic heterocycles. The van der Waals surface area contributed by atoms with Gasteiger partial charge in [-0.2, -0.15) is 0 Å². The van der Waals surface area contributed by atoms with Crippen molar-refractivity contribution in [1.29, 1.82) is 0 Å². The lowest BCUT2D eigenvalue weighted by Gasteiger charge is -2.08. The predicted molar refractivity (Wildman–Crippen MR) is 38.8 cm³/mol. The van der Waals surface area contributed by atoms with Crippen LogP contribution in [-0.4, -0.2) is 6.10 Å². The highest BCUT2D eigenvalue weighted by atomic mass is 16.3. The molecular formula is C8H17O. The van der Waals surface area contributed by atoms with E-state index in [0.717, 1.165) is 19.3 Å². The van der Waals surface area contributed by atoms with Crippen LogP contribution in [0.4, 0.5) is 0 Å². The van der Waals surface area contributed by atoms with E-state index < -0.39 is 0 Å².